The molecule has 0 spiro atoms. The zero-order valence-corrected chi connectivity index (χ0v) is 13.6. The van der Waals surface area contributed by atoms with Crippen molar-refractivity contribution < 1.29 is 19.1 Å². The molecule has 0 aromatic heterocycles. The van der Waals surface area contributed by atoms with Crippen molar-refractivity contribution in [2.24, 2.45) is 5.73 Å². The molecule has 6 heteroatoms. The molecular formula is C17H24N2O4. The summed E-state index contributed by atoms with van der Waals surface area (Å²) in [4.78, 5) is 22.4. The first-order valence-corrected chi connectivity index (χ1v) is 7.62. The Bertz CT molecular complexity index is 556. The largest absolute Gasteiger partial charge is 0.493 e. The Hall–Kier alpha value is -2.50. The van der Waals surface area contributed by atoms with Crippen LogP contribution >= 0.6 is 0 Å². The van der Waals surface area contributed by atoms with Crippen molar-refractivity contribution >= 4 is 17.9 Å². The van der Waals surface area contributed by atoms with Gasteiger partial charge in [-0.25, -0.2) is 0 Å². The van der Waals surface area contributed by atoms with Gasteiger partial charge in [-0.1, -0.05) is 25.8 Å². The molecule has 0 aliphatic rings. The van der Waals surface area contributed by atoms with Crippen LogP contribution in [0, 0.1) is 0 Å². The first-order valence-electron chi connectivity index (χ1n) is 7.62. The van der Waals surface area contributed by atoms with E-state index in [1.54, 1.807) is 24.3 Å². The third-order valence-electron chi connectivity index (χ3n) is 3.06. The number of carbonyl (C=O) groups is 2. The van der Waals surface area contributed by atoms with Crippen LogP contribution in [0.4, 0.5) is 0 Å². The van der Waals surface area contributed by atoms with Gasteiger partial charge in [0.05, 0.1) is 7.11 Å². The SMILES string of the molecule is CCCCCNC(=O)C=Cc1ccc(OCC(N)=O)c(OC)c1. The summed E-state index contributed by atoms with van der Waals surface area (Å²) in [6.07, 6.45) is 6.37. The van der Waals surface area contributed by atoms with E-state index in [4.69, 9.17) is 15.2 Å². The quantitative estimate of drug-likeness (QED) is 0.509. The molecule has 0 bridgehead atoms. The van der Waals surface area contributed by atoms with Gasteiger partial charge in [-0.15, -0.1) is 0 Å². The number of methoxy groups -OCH3 is 1. The average molecular weight is 320 g/mol. The number of nitrogens with one attached hydrogen (secondary N) is 1. The minimum Gasteiger partial charge on any atom is -0.493 e. The summed E-state index contributed by atoms with van der Waals surface area (Å²) in [5, 5.41) is 2.83. The van der Waals surface area contributed by atoms with Gasteiger partial charge >= 0.3 is 0 Å². The summed E-state index contributed by atoms with van der Waals surface area (Å²) in [7, 11) is 1.50. The minimum atomic E-state index is -0.559. The van der Waals surface area contributed by atoms with Crippen molar-refractivity contribution in [1.29, 1.82) is 0 Å². The first-order chi connectivity index (χ1) is 11.1. The van der Waals surface area contributed by atoms with Crippen LogP contribution in [-0.4, -0.2) is 32.1 Å². The summed E-state index contributed by atoms with van der Waals surface area (Å²) in [5.41, 5.74) is 5.83. The van der Waals surface area contributed by atoms with Crippen LogP contribution in [0.2, 0.25) is 0 Å². The third-order valence-corrected chi connectivity index (χ3v) is 3.06. The zero-order valence-electron chi connectivity index (χ0n) is 13.6. The molecule has 2 amide bonds. The number of hydrogen-bond acceptors (Lipinski definition) is 4. The molecule has 1 rings (SSSR count). The number of hydrogen-bond donors (Lipinski definition) is 2. The van der Waals surface area contributed by atoms with E-state index in [9.17, 15) is 9.59 Å². The predicted molar refractivity (Wildman–Crippen MR) is 89.3 cm³/mol. The van der Waals surface area contributed by atoms with Crippen LogP contribution in [0.1, 0.15) is 31.7 Å². The maximum absolute atomic E-state index is 11.7. The van der Waals surface area contributed by atoms with Gasteiger partial charge in [0.15, 0.2) is 18.1 Å². The van der Waals surface area contributed by atoms with Crippen molar-refractivity contribution in [2.45, 2.75) is 26.2 Å². The third kappa shape index (κ3) is 7.35. The van der Waals surface area contributed by atoms with E-state index < -0.39 is 5.91 Å². The van der Waals surface area contributed by atoms with Crippen LogP contribution < -0.4 is 20.5 Å². The molecule has 0 atom stereocenters. The van der Waals surface area contributed by atoms with Gasteiger partial charge in [0, 0.05) is 12.6 Å². The number of amides is 2. The van der Waals surface area contributed by atoms with E-state index in [1.807, 2.05) is 0 Å². The first kappa shape index (κ1) is 18.5. The molecule has 126 valence electrons. The monoisotopic (exact) mass is 320 g/mol. The van der Waals surface area contributed by atoms with Crippen molar-refractivity contribution in [1.82, 2.24) is 5.32 Å². The van der Waals surface area contributed by atoms with Crippen LogP contribution in [0.5, 0.6) is 11.5 Å². The molecule has 0 unspecified atom stereocenters. The summed E-state index contributed by atoms with van der Waals surface area (Å²) in [6, 6.07) is 5.15. The highest BCUT2D eigenvalue weighted by atomic mass is 16.5. The van der Waals surface area contributed by atoms with Crippen molar-refractivity contribution in [3.63, 3.8) is 0 Å². The summed E-state index contributed by atoms with van der Waals surface area (Å²) in [5.74, 6) is 0.203. The molecule has 3 N–H and O–H groups in total. The van der Waals surface area contributed by atoms with Gasteiger partial charge in [0.1, 0.15) is 0 Å². The van der Waals surface area contributed by atoms with Gasteiger partial charge in [0.2, 0.25) is 5.91 Å². The molecule has 1 aromatic rings. The fourth-order valence-electron chi connectivity index (χ4n) is 1.87. The van der Waals surface area contributed by atoms with Crippen molar-refractivity contribution in [3.05, 3.63) is 29.8 Å². The standard InChI is InChI=1S/C17H24N2O4/c1-3-4-5-10-19-17(21)9-7-13-6-8-14(15(11-13)22-2)23-12-16(18)20/h6-9,11H,3-5,10,12H2,1-2H3,(H2,18,20)(H,19,21). The number of carbonyl (C=O) groups excluding carboxylic acids is 2. The number of primary amides is 1. The number of rotatable bonds is 10. The molecule has 6 nitrogen and oxygen atoms in total. The predicted octanol–water partition coefficient (Wildman–Crippen LogP) is 1.88. The molecule has 1 aromatic carbocycles. The maximum atomic E-state index is 11.7. The number of nitrogens with two attached hydrogens (primary N) is 1. The summed E-state index contributed by atoms with van der Waals surface area (Å²) >= 11 is 0. The average Bonchev–Trinajstić information content (AvgIpc) is 2.55. The Morgan fingerprint density at radius 3 is 2.70 bits per heavy atom. The Morgan fingerprint density at radius 1 is 1.26 bits per heavy atom. The van der Waals surface area contributed by atoms with Crippen molar-refractivity contribution in [2.75, 3.05) is 20.3 Å². The van der Waals surface area contributed by atoms with Gasteiger partial charge in [-0.05, 0) is 30.2 Å². The maximum Gasteiger partial charge on any atom is 0.255 e. The van der Waals surface area contributed by atoms with Gasteiger partial charge in [-0.2, -0.15) is 0 Å². The number of benzene rings is 1. The number of unbranched alkanes of at least 4 members (excludes halogenated alkanes) is 2. The lowest BCUT2D eigenvalue weighted by molar-refractivity contribution is -0.120. The lowest BCUT2D eigenvalue weighted by atomic mass is 10.2. The fourth-order valence-corrected chi connectivity index (χ4v) is 1.87. The Labute approximate surface area is 136 Å². The molecule has 0 radical (unpaired) electrons. The number of ether oxygens (including phenoxy) is 2. The Kier molecular flexibility index (Phi) is 8.28. The van der Waals surface area contributed by atoms with E-state index in [0.29, 0.717) is 18.0 Å². The van der Waals surface area contributed by atoms with Crippen LogP contribution in [0.3, 0.4) is 0 Å². The lowest BCUT2D eigenvalue weighted by Gasteiger charge is -2.10. The summed E-state index contributed by atoms with van der Waals surface area (Å²) < 4.78 is 10.4. The second-order valence-electron chi connectivity index (χ2n) is 5.00. The van der Waals surface area contributed by atoms with Gasteiger partial charge < -0.3 is 20.5 Å². The molecule has 0 aliphatic carbocycles. The molecule has 0 fully saturated rings. The molecule has 0 saturated carbocycles. The van der Waals surface area contributed by atoms with Crippen molar-refractivity contribution in [3.8, 4) is 11.5 Å². The van der Waals surface area contributed by atoms with E-state index in [0.717, 1.165) is 24.8 Å². The second-order valence-corrected chi connectivity index (χ2v) is 5.00. The molecule has 0 heterocycles. The highest BCUT2D eigenvalue weighted by Crippen LogP contribution is 2.28. The van der Waals surface area contributed by atoms with Gasteiger partial charge in [-0.3, -0.25) is 9.59 Å². The smallest absolute Gasteiger partial charge is 0.255 e. The van der Waals surface area contributed by atoms with Gasteiger partial charge in [0.25, 0.3) is 5.91 Å². The zero-order chi connectivity index (χ0) is 17.1. The topological polar surface area (TPSA) is 90.6 Å². The normalized spacial score (nSPS) is 10.5. The molecule has 23 heavy (non-hydrogen) atoms. The minimum absolute atomic E-state index is 0.130. The molecular weight excluding hydrogens is 296 g/mol. The summed E-state index contributed by atoms with van der Waals surface area (Å²) in [6.45, 7) is 2.58. The fraction of sp³-hybridized carbons (Fsp3) is 0.412. The van der Waals surface area contributed by atoms with Crippen LogP contribution in [0.25, 0.3) is 6.08 Å². The van der Waals surface area contributed by atoms with E-state index in [2.05, 4.69) is 12.2 Å². The molecule has 0 saturated heterocycles. The highest BCUT2D eigenvalue weighted by Gasteiger charge is 2.06. The lowest BCUT2D eigenvalue weighted by Crippen LogP contribution is -2.21. The Balaban J connectivity index is 2.61. The van der Waals surface area contributed by atoms with Crippen LogP contribution in [-0.2, 0) is 9.59 Å². The highest BCUT2D eigenvalue weighted by molar-refractivity contribution is 5.91. The Morgan fingerprint density at radius 2 is 2.04 bits per heavy atom. The van der Waals surface area contributed by atoms with Crippen LogP contribution in [0.15, 0.2) is 24.3 Å². The molecule has 0 aliphatic heterocycles. The van der Waals surface area contributed by atoms with E-state index in [-0.39, 0.29) is 12.5 Å². The van der Waals surface area contributed by atoms with E-state index >= 15 is 0 Å². The second kappa shape index (κ2) is 10.3. The van der Waals surface area contributed by atoms with E-state index in [1.165, 1.54) is 13.2 Å².